The van der Waals surface area contributed by atoms with Gasteiger partial charge in [-0.3, -0.25) is 20.3 Å². The van der Waals surface area contributed by atoms with Gasteiger partial charge in [0, 0.05) is 7.05 Å². The fourth-order valence-electron chi connectivity index (χ4n) is 1.96. The van der Waals surface area contributed by atoms with Crippen LogP contribution in [-0.4, -0.2) is 20.8 Å². The molecule has 1 atom stereocenters. The van der Waals surface area contributed by atoms with Crippen molar-refractivity contribution in [2.45, 2.75) is 19.9 Å². The summed E-state index contributed by atoms with van der Waals surface area (Å²) < 4.78 is 2.29. The molecule has 0 unspecified atom stereocenters. The third kappa shape index (κ3) is 4.29. The van der Waals surface area contributed by atoms with Gasteiger partial charge in [-0.15, -0.1) is 0 Å². The summed E-state index contributed by atoms with van der Waals surface area (Å²) in [6.45, 7) is 3.86. The number of aromatic nitrogens is 2. The van der Waals surface area contributed by atoms with E-state index in [1.165, 1.54) is 0 Å². The van der Waals surface area contributed by atoms with E-state index in [1.54, 1.807) is 11.7 Å². The van der Waals surface area contributed by atoms with Crippen LogP contribution in [0.3, 0.4) is 0 Å². The molecular weight excluding hydrogens is 378 g/mol. The summed E-state index contributed by atoms with van der Waals surface area (Å²) in [5, 5.41) is 7.58. The van der Waals surface area contributed by atoms with Crippen LogP contribution in [0.15, 0.2) is 34.8 Å². The van der Waals surface area contributed by atoms with Gasteiger partial charge in [0.25, 0.3) is 5.91 Å². The number of rotatable bonds is 3. The molecule has 1 aromatic heterocycles. The molecule has 0 saturated carbocycles. The molecule has 0 aliphatic heterocycles. The van der Waals surface area contributed by atoms with Crippen LogP contribution >= 0.6 is 28.1 Å². The van der Waals surface area contributed by atoms with Gasteiger partial charge in [-0.05, 0) is 47.6 Å². The lowest BCUT2D eigenvalue weighted by molar-refractivity contribution is 0.0937. The first-order chi connectivity index (χ1) is 10.9. The lowest BCUT2D eigenvalue weighted by Gasteiger charge is -2.17. The largest absolute Gasteiger partial charge is 0.355 e. The minimum absolute atomic E-state index is 0.0249. The molecule has 23 heavy (non-hydrogen) atoms. The summed E-state index contributed by atoms with van der Waals surface area (Å²) in [6, 6.07) is 9.93. The molecule has 0 bridgehead atoms. The first kappa shape index (κ1) is 17.4. The van der Waals surface area contributed by atoms with Crippen LogP contribution in [-0.2, 0) is 7.05 Å². The zero-order valence-electron chi connectivity index (χ0n) is 13.1. The second kappa shape index (κ2) is 7.56. The topological polar surface area (TPSA) is 71.0 Å². The van der Waals surface area contributed by atoms with Crippen molar-refractivity contribution in [2.24, 2.45) is 7.05 Å². The van der Waals surface area contributed by atoms with Crippen molar-refractivity contribution in [1.29, 1.82) is 0 Å². The Hall–Kier alpha value is -1.93. The fourth-order valence-corrected chi connectivity index (χ4v) is 2.70. The minimum atomic E-state index is -0.364. The predicted molar refractivity (Wildman–Crippen MR) is 96.8 cm³/mol. The summed E-state index contributed by atoms with van der Waals surface area (Å²) in [4.78, 5) is 12.1. The molecular formula is C15H18BrN5OS. The number of amides is 1. The number of carbonyl (C=O) groups is 1. The lowest BCUT2D eigenvalue weighted by Crippen LogP contribution is -2.47. The SMILES string of the molecule is Cc1c(Br)c(C(=O)NNC(=S)N[C@H](C)c2ccccc2)nn1C. The van der Waals surface area contributed by atoms with Crippen molar-refractivity contribution >= 4 is 39.2 Å². The van der Waals surface area contributed by atoms with E-state index >= 15 is 0 Å². The zero-order chi connectivity index (χ0) is 17.0. The maximum Gasteiger partial charge on any atom is 0.291 e. The highest BCUT2D eigenvalue weighted by atomic mass is 79.9. The second-order valence-electron chi connectivity index (χ2n) is 5.06. The summed E-state index contributed by atoms with van der Waals surface area (Å²) in [7, 11) is 1.78. The van der Waals surface area contributed by atoms with E-state index in [2.05, 4.69) is 37.2 Å². The summed E-state index contributed by atoms with van der Waals surface area (Å²) in [5.74, 6) is -0.364. The Morgan fingerprint density at radius 3 is 2.52 bits per heavy atom. The predicted octanol–water partition coefficient (Wildman–Crippen LogP) is 2.36. The first-order valence-corrected chi connectivity index (χ1v) is 8.21. The molecule has 0 aliphatic rings. The normalized spacial score (nSPS) is 11.7. The molecule has 0 saturated heterocycles. The Balaban J connectivity index is 1.89. The van der Waals surface area contributed by atoms with Crippen molar-refractivity contribution in [3.63, 3.8) is 0 Å². The van der Waals surface area contributed by atoms with E-state index in [-0.39, 0.29) is 11.9 Å². The van der Waals surface area contributed by atoms with Crippen molar-refractivity contribution in [3.05, 3.63) is 51.8 Å². The van der Waals surface area contributed by atoms with Crippen molar-refractivity contribution < 1.29 is 4.79 Å². The van der Waals surface area contributed by atoms with E-state index in [0.717, 1.165) is 11.3 Å². The Morgan fingerprint density at radius 2 is 1.96 bits per heavy atom. The summed E-state index contributed by atoms with van der Waals surface area (Å²) in [6.07, 6.45) is 0. The first-order valence-electron chi connectivity index (χ1n) is 7.01. The molecule has 3 N–H and O–H groups in total. The number of nitrogens with one attached hydrogen (secondary N) is 3. The molecule has 122 valence electrons. The molecule has 0 aliphatic carbocycles. The number of halogens is 1. The van der Waals surface area contributed by atoms with E-state index in [4.69, 9.17) is 12.2 Å². The molecule has 1 heterocycles. The van der Waals surface area contributed by atoms with Crippen LogP contribution in [0.2, 0.25) is 0 Å². The highest BCUT2D eigenvalue weighted by Gasteiger charge is 2.17. The third-order valence-electron chi connectivity index (χ3n) is 3.41. The van der Waals surface area contributed by atoms with Gasteiger partial charge in [0.15, 0.2) is 10.8 Å². The number of aryl methyl sites for hydroxylation is 1. The average Bonchev–Trinajstić information content (AvgIpc) is 2.81. The van der Waals surface area contributed by atoms with Gasteiger partial charge in [-0.1, -0.05) is 30.3 Å². The Morgan fingerprint density at radius 1 is 1.30 bits per heavy atom. The van der Waals surface area contributed by atoms with Gasteiger partial charge in [-0.2, -0.15) is 5.10 Å². The van der Waals surface area contributed by atoms with Gasteiger partial charge < -0.3 is 5.32 Å². The Labute approximate surface area is 148 Å². The molecule has 0 radical (unpaired) electrons. The van der Waals surface area contributed by atoms with Crippen LogP contribution in [0.25, 0.3) is 0 Å². The molecule has 0 spiro atoms. The molecule has 2 rings (SSSR count). The molecule has 6 nitrogen and oxygen atoms in total. The van der Waals surface area contributed by atoms with Crippen LogP contribution in [0, 0.1) is 6.92 Å². The summed E-state index contributed by atoms with van der Waals surface area (Å²) >= 11 is 8.55. The molecule has 1 aromatic carbocycles. The quantitative estimate of drug-likeness (QED) is 0.549. The monoisotopic (exact) mass is 395 g/mol. The fraction of sp³-hybridized carbons (Fsp3) is 0.267. The number of hydrazine groups is 1. The van der Waals surface area contributed by atoms with Crippen LogP contribution in [0.1, 0.15) is 34.7 Å². The molecule has 8 heteroatoms. The number of benzene rings is 1. The molecule has 2 aromatic rings. The van der Waals surface area contributed by atoms with Crippen LogP contribution in [0.5, 0.6) is 0 Å². The second-order valence-corrected chi connectivity index (χ2v) is 6.26. The van der Waals surface area contributed by atoms with Gasteiger partial charge in [0.1, 0.15) is 0 Å². The van der Waals surface area contributed by atoms with Crippen LogP contribution < -0.4 is 16.2 Å². The Bertz CT molecular complexity index is 716. The number of thiocarbonyl (C=S) groups is 1. The average molecular weight is 396 g/mol. The van der Waals surface area contributed by atoms with E-state index in [9.17, 15) is 4.79 Å². The van der Waals surface area contributed by atoms with E-state index in [1.807, 2.05) is 44.2 Å². The van der Waals surface area contributed by atoms with Crippen molar-refractivity contribution in [2.75, 3.05) is 0 Å². The number of hydrogen-bond acceptors (Lipinski definition) is 3. The number of hydrogen-bond donors (Lipinski definition) is 3. The standard InChI is InChI=1S/C15H18BrN5OS/c1-9(11-7-5-4-6-8-11)17-15(23)19-18-14(22)13-12(16)10(2)21(3)20-13/h4-9H,1-3H3,(H,18,22)(H2,17,19,23)/t9-/m1/s1. The Kier molecular flexibility index (Phi) is 5.73. The highest BCUT2D eigenvalue weighted by Crippen LogP contribution is 2.19. The maximum absolute atomic E-state index is 12.1. The van der Waals surface area contributed by atoms with Gasteiger partial charge in [0.2, 0.25) is 0 Å². The third-order valence-corrected chi connectivity index (χ3v) is 4.58. The number of nitrogens with zero attached hydrogens (tertiary/aromatic N) is 2. The lowest BCUT2D eigenvalue weighted by atomic mass is 10.1. The minimum Gasteiger partial charge on any atom is -0.355 e. The summed E-state index contributed by atoms with van der Waals surface area (Å²) in [5.41, 5.74) is 7.50. The van der Waals surface area contributed by atoms with Gasteiger partial charge in [-0.25, -0.2) is 0 Å². The zero-order valence-corrected chi connectivity index (χ0v) is 15.5. The maximum atomic E-state index is 12.1. The van der Waals surface area contributed by atoms with E-state index in [0.29, 0.717) is 15.3 Å². The highest BCUT2D eigenvalue weighted by molar-refractivity contribution is 9.10. The van der Waals surface area contributed by atoms with Crippen LogP contribution in [0.4, 0.5) is 0 Å². The molecule has 0 fully saturated rings. The van der Waals surface area contributed by atoms with Crippen molar-refractivity contribution in [1.82, 2.24) is 25.9 Å². The van der Waals surface area contributed by atoms with Gasteiger partial charge >= 0.3 is 0 Å². The number of carbonyl (C=O) groups excluding carboxylic acids is 1. The van der Waals surface area contributed by atoms with Gasteiger partial charge in [0.05, 0.1) is 16.2 Å². The molecule has 1 amide bonds. The van der Waals surface area contributed by atoms with E-state index < -0.39 is 0 Å². The van der Waals surface area contributed by atoms with Crippen molar-refractivity contribution in [3.8, 4) is 0 Å². The smallest absolute Gasteiger partial charge is 0.291 e.